The maximum Gasteiger partial charge on any atom is 0.144 e. The van der Waals surface area contributed by atoms with Gasteiger partial charge in [-0.05, 0) is 19.0 Å². The van der Waals surface area contributed by atoms with Crippen molar-refractivity contribution < 1.29 is 5.21 Å². The lowest BCUT2D eigenvalue weighted by atomic mass is 9.88. The zero-order chi connectivity index (χ0) is 12.7. The van der Waals surface area contributed by atoms with E-state index in [1.807, 2.05) is 30.8 Å². The predicted octanol–water partition coefficient (Wildman–Crippen LogP) is 0.635. The minimum Gasteiger partial charge on any atom is -0.409 e. The van der Waals surface area contributed by atoms with Crippen LogP contribution in [0.1, 0.15) is 20.3 Å². The number of oxime groups is 1. The number of aromatic nitrogens is 2. The van der Waals surface area contributed by atoms with Gasteiger partial charge in [-0.2, -0.15) is 5.10 Å². The Hall–Kier alpha value is -1.56. The average Bonchev–Trinajstić information content (AvgIpc) is 2.80. The molecule has 96 valence electrons. The second-order valence-electron chi connectivity index (χ2n) is 4.64. The molecule has 6 heteroatoms. The summed E-state index contributed by atoms with van der Waals surface area (Å²) in [5.41, 5.74) is 5.32. The molecule has 0 amide bonds. The lowest BCUT2D eigenvalue weighted by molar-refractivity contribution is 0.305. The highest BCUT2D eigenvalue weighted by molar-refractivity contribution is 5.85. The van der Waals surface area contributed by atoms with Crippen LogP contribution in [0.15, 0.2) is 23.6 Å². The first kappa shape index (κ1) is 13.5. The van der Waals surface area contributed by atoms with Crippen molar-refractivity contribution in [2.24, 2.45) is 16.3 Å². The van der Waals surface area contributed by atoms with Gasteiger partial charge in [-0.1, -0.05) is 19.0 Å². The normalized spacial score (nSPS) is 12.9. The monoisotopic (exact) mass is 239 g/mol. The fraction of sp³-hybridized carbons (Fsp3) is 0.636. The van der Waals surface area contributed by atoms with Crippen LogP contribution in [-0.2, 0) is 6.54 Å². The molecule has 0 aliphatic heterocycles. The van der Waals surface area contributed by atoms with Crippen molar-refractivity contribution in [2.75, 3.05) is 13.1 Å². The summed E-state index contributed by atoms with van der Waals surface area (Å²) in [6.07, 6.45) is 4.52. The molecule has 1 rings (SSSR count). The Balaban J connectivity index is 2.16. The molecular weight excluding hydrogens is 218 g/mol. The topological polar surface area (TPSA) is 88.5 Å². The zero-order valence-corrected chi connectivity index (χ0v) is 10.4. The number of hydrogen-bond donors (Lipinski definition) is 3. The molecule has 0 aliphatic carbocycles. The maximum atomic E-state index is 8.63. The predicted molar refractivity (Wildman–Crippen MR) is 66.9 cm³/mol. The van der Waals surface area contributed by atoms with Gasteiger partial charge in [0, 0.05) is 24.4 Å². The van der Waals surface area contributed by atoms with Crippen molar-refractivity contribution in [3.05, 3.63) is 18.5 Å². The highest BCUT2D eigenvalue weighted by Gasteiger charge is 2.22. The summed E-state index contributed by atoms with van der Waals surface area (Å²) in [4.78, 5) is 0. The largest absolute Gasteiger partial charge is 0.409 e. The fourth-order valence-electron chi connectivity index (χ4n) is 1.42. The molecule has 1 heterocycles. The van der Waals surface area contributed by atoms with E-state index in [2.05, 4.69) is 15.6 Å². The molecule has 0 saturated carbocycles. The molecule has 0 saturated heterocycles. The van der Waals surface area contributed by atoms with E-state index in [9.17, 15) is 0 Å². The smallest absolute Gasteiger partial charge is 0.144 e. The molecule has 0 atom stereocenters. The fourth-order valence-corrected chi connectivity index (χ4v) is 1.42. The highest BCUT2D eigenvalue weighted by Crippen LogP contribution is 2.19. The zero-order valence-electron chi connectivity index (χ0n) is 10.4. The van der Waals surface area contributed by atoms with Gasteiger partial charge in [-0.25, -0.2) is 0 Å². The van der Waals surface area contributed by atoms with Gasteiger partial charge in [-0.15, -0.1) is 0 Å². The van der Waals surface area contributed by atoms with E-state index in [-0.39, 0.29) is 11.3 Å². The molecule has 1 aromatic rings. The van der Waals surface area contributed by atoms with Gasteiger partial charge >= 0.3 is 0 Å². The molecule has 0 fully saturated rings. The van der Waals surface area contributed by atoms with Crippen molar-refractivity contribution in [1.82, 2.24) is 15.1 Å². The number of nitrogens with one attached hydrogen (secondary N) is 1. The summed E-state index contributed by atoms with van der Waals surface area (Å²) in [7, 11) is 0. The number of rotatable bonds is 7. The summed E-state index contributed by atoms with van der Waals surface area (Å²) in [5.74, 6) is 0.270. The average molecular weight is 239 g/mol. The van der Waals surface area contributed by atoms with E-state index >= 15 is 0 Å². The lowest BCUT2D eigenvalue weighted by Crippen LogP contribution is -2.35. The second-order valence-corrected chi connectivity index (χ2v) is 4.64. The molecule has 0 radical (unpaired) electrons. The van der Waals surface area contributed by atoms with Crippen LogP contribution in [-0.4, -0.2) is 33.9 Å². The standard InChI is InChI=1S/C11H21N5O/c1-11(2,10(12)15-17)4-6-13-7-9-16-8-3-5-14-16/h3,5,8,13,17H,4,6-7,9H2,1-2H3,(H2,12,15). The Kier molecular flexibility index (Phi) is 4.96. The molecule has 17 heavy (non-hydrogen) atoms. The van der Waals surface area contributed by atoms with E-state index in [1.165, 1.54) is 0 Å². The first-order valence-electron chi connectivity index (χ1n) is 5.72. The molecule has 1 aromatic heterocycles. The van der Waals surface area contributed by atoms with E-state index in [0.717, 1.165) is 26.1 Å². The first-order valence-corrected chi connectivity index (χ1v) is 5.72. The molecule has 0 spiro atoms. The maximum absolute atomic E-state index is 8.63. The number of amidine groups is 1. The van der Waals surface area contributed by atoms with Crippen molar-refractivity contribution in [3.8, 4) is 0 Å². The summed E-state index contributed by atoms with van der Waals surface area (Å²) >= 11 is 0. The van der Waals surface area contributed by atoms with Crippen molar-refractivity contribution in [2.45, 2.75) is 26.8 Å². The van der Waals surface area contributed by atoms with Gasteiger partial charge in [0.05, 0.1) is 6.54 Å². The highest BCUT2D eigenvalue weighted by atomic mass is 16.4. The van der Waals surface area contributed by atoms with Gasteiger partial charge in [-0.3, -0.25) is 4.68 Å². The summed E-state index contributed by atoms with van der Waals surface area (Å²) in [6, 6.07) is 1.90. The van der Waals surface area contributed by atoms with Crippen LogP contribution in [0.3, 0.4) is 0 Å². The van der Waals surface area contributed by atoms with Crippen LogP contribution in [0.25, 0.3) is 0 Å². The number of nitrogens with two attached hydrogens (primary N) is 1. The Bertz CT molecular complexity index is 345. The molecule has 0 unspecified atom stereocenters. The van der Waals surface area contributed by atoms with Crippen LogP contribution in [0, 0.1) is 5.41 Å². The number of hydrogen-bond acceptors (Lipinski definition) is 4. The molecule has 6 nitrogen and oxygen atoms in total. The first-order chi connectivity index (χ1) is 8.06. The third-order valence-electron chi connectivity index (χ3n) is 2.80. The van der Waals surface area contributed by atoms with Crippen LogP contribution < -0.4 is 11.1 Å². The number of nitrogens with zero attached hydrogens (tertiary/aromatic N) is 3. The van der Waals surface area contributed by atoms with Crippen molar-refractivity contribution in [3.63, 3.8) is 0 Å². The Morgan fingerprint density at radius 2 is 2.29 bits per heavy atom. The van der Waals surface area contributed by atoms with Crippen molar-refractivity contribution in [1.29, 1.82) is 0 Å². The van der Waals surface area contributed by atoms with E-state index < -0.39 is 0 Å². The Morgan fingerprint density at radius 3 is 2.88 bits per heavy atom. The minimum atomic E-state index is -0.284. The third-order valence-corrected chi connectivity index (χ3v) is 2.80. The second kappa shape index (κ2) is 6.24. The van der Waals surface area contributed by atoms with Crippen LogP contribution in [0.4, 0.5) is 0 Å². The lowest BCUT2D eigenvalue weighted by Gasteiger charge is -2.22. The molecule has 0 bridgehead atoms. The van der Waals surface area contributed by atoms with Gasteiger partial charge < -0.3 is 16.3 Å². The van der Waals surface area contributed by atoms with Crippen LogP contribution >= 0.6 is 0 Å². The molecule has 0 aromatic carbocycles. The minimum absolute atomic E-state index is 0.270. The van der Waals surface area contributed by atoms with E-state index in [0.29, 0.717) is 0 Å². The van der Waals surface area contributed by atoms with Gasteiger partial charge in [0.2, 0.25) is 0 Å². The molecule has 4 N–H and O–H groups in total. The van der Waals surface area contributed by atoms with E-state index in [4.69, 9.17) is 10.9 Å². The summed E-state index contributed by atoms with van der Waals surface area (Å²) in [6.45, 7) is 6.43. The van der Waals surface area contributed by atoms with Gasteiger partial charge in [0.25, 0.3) is 0 Å². The molecular formula is C11H21N5O. The Morgan fingerprint density at radius 1 is 1.53 bits per heavy atom. The quantitative estimate of drug-likeness (QED) is 0.214. The van der Waals surface area contributed by atoms with Gasteiger partial charge in [0.1, 0.15) is 5.84 Å². The SMILES string of the molecule is CC(C)(CCNCCn1cccn1)C(N)=NO. The van der Waals surface area contributed by atoms with Crippen molar-refractivity contribution >= 4 is 5.84 Å². The molecule has 0 aliphatic rings. The van der Waals surface area contributed by atoms with E-state index in [1.54, 1.807) is 6.20 Å². The summed E-state index contributed by atoms with van der Waals surface area (Å²) in [5, 5.41) is 19.1. The third kappa shape index (κ3) is 4.44. The van der Waals surface area contributed by atoms with Crippen LogP contribution in [0.5, 0.6) is 0 Å². The summed E-state index contributed by atoms with van der Waals surface area (Å²) < 4.78 is 1.88. The van der Waals surface area contributed by atoms with Crippen LogP contribution in [0.2, 0.25) is 0 Å². The van der Waals surface area contributed by atoms with Gasteiger partial charge in [0.15, 0.2) is 0 Å². The Labute approximate surface area is 101 Å².